The molecule has 4 aliphatic rings. The van der Waals surface area contributed by atoms with E-state index < -0.39 is 41.0 Å². The van der Waals surface area contributed by atoms with Gasteiger partial charge in [-0.05, 0) is 92.7 Å². The van der Waals surface area contributed by atoms with E-state index in [9.17, 15) is 24.6 Å². The van der Waals surface area contributed by atoms with E-state index in [4.69, 9.17) is 20.8 Å². The van der Waals surface area contributed by atoms with Crippen molar-refractivity contribution in [3.63, 3.8) is 0 Å². The zero-order chi connectivity index (χ0) is 41.1. The molecule has 3 fully saturated rings. The summed E-state index contributed by atoms with van der Waals surface area (Å²) in [6.07, 6.45) is 4.65. The fraction of sp³-hybridized carbons (Fsp3) is 0.545. The van der Waals surface area contributed by atoms with Gasteiger partial charge in [-0.25, -0.2) is 14.6 Å². The summed E-state index contributed by atoms with van der Waals surface area (Å²) in [6, 6.07) is 11.3. The molecule has 0 bridgehead atoms. The van der Waals surface area contributed by atoms with E-state index in [1.165, 1.54) is 0 Å². The Bertz CT molecular complexity index is 1860. The number of aliphatic hydroxyl groups excluding tert-OH is 2. The molecule has 0 radical (unpaired) electrons. The van der Waals surface area contributed by atoms with E-state index in [0.717, 1.165) is 11.3 Å². The van der Waals surface area contributed by atoms with Crippen molar-refractivity contribution in [3.05, 3.63) is 83.8 Å². The number of benzene rings is 1. The zero-order valence-electron chi connectivity index (χ0n) is 34.1. The summed E-state index contributed by atoms with van der Waals surface area (Å²) in [5.41, 5.74) is 1.52. The number of carbonyl (C=O) groups is 3. The van der Waals surface area contributed by atoms with E-state index in [1.54, 1.807) is 31.3 Å². The maximum Gasteiger partial charge on any atom is 0.342 e. The number of aromatic nitrogens is 1. The topological polar surface area (TPSA) is 163 Å². The second-order valence-electron chi connectivity index (χ2n) is 16.6. The van der Waals surface area contributed by atoms with Crippen molar-refractivity contribution in [1.29, 1.82) is 0 Å². The number of allylic oxidation sites excluding steroid dienone is 1. The van der Waals surface area contributed by atoms with Crippen LogP contribution in [-0.4, -0.2) is 116 Å². The molecule has 6 rings (SSSR count). The summed E-state index contributed by atoms with van der Waals surface area (Å²) in [6.45, 7) is 14.4. The van der Waals surface area contributed by atoms with Crippen LogP contribution in [0.2, 0.25) is 0 Å². The first kappa shape index (κ1) is 42.1. The van der Waals surface area contributed by atoms with Crippen molar-refractivity contribution in [2.24, 2.45) is 22.7 Å². The van der Waals surface area contributed by atoms with Gasteiger partial charge >= 0.3 is 11.9 Å². The van der Waals surface area contributed by atoms with Crippen LogP contribution in [-0.2, 0) is 28.6 Å². The molecule has 1 amide bonds. The van der Waals surface area contributed by atoms with Crippen molar-refractivity contribution < 1.29 is 38.8 Å². The summed E-state index contributed by atoms with van der Waals surface area (Å²) in [5, 5.41) is 29.5. The van der Waals surface area contributed by atoms with Gasteiger partial charge in [-0.15, -0.1) is 0 Å². The molecule has 13 heteroatoms. The summed E-state index contributed by atoms with van der Waals surface area (Å²) < 4.78 is 16.9. The van der Waals surface area contributed by atoms with Crippen LogP contribution in [0.15, 0.2) is 78.2 Å². The highest BCUT2D eigenvalue weighted by molar-refractivity contribution is 6.19. The number of aliphatic hydroxyl groups is 2. The number of nitrogens with one attached hydrogen (secondary N) is 2. The van der Waals surface area contributed by atoms with Gasteiger partial charge in [0.25, 0.3) is 0 Å². The molecule has 2 aliphatic carbocycles. The molecule has 3 heterocycles. The number of fused-ring (bicyclic) bond motifs is 1. The highest BCUT2D eigenvalue weighted by Gasteiger charge is 2.60. The van der Waals surface area contributed by atoms with Gasteiger partial charge in [0.15, 0.2) is 0 Å². The van der Waals surface area contributed by atoms with Crippen LogP contribution < -0.4 is 15.5 Å². The highest BCUT2D eigenvalue weighted by atomic mass is 16.6. The first-order valence-corrected chi connectivity index (χ1v) is 20.1. The lowest BCUT2D eigenvalue weighted by atomic mass is 9.45. The highest BCUT2D eigenvalue weighted by Crippen LogP contribution is 2.62. The molecule has 2 aliphatic heterocycles. The van der Waals surface area contributed by atoms with Crippen molar-refractivity contribution >= 4 is 34.9 Å². The van der Waals surface area contributed by atoms with Crippen LogP contribution in [0.4, 0.5) is 11.5 Å². The average Bonchev–Trinajstić information content (AvgIpc) is 3.59. The molecule has 2 aromatic rings. The number of nitrogens with zero attached hydrogens (tertiary/aromatic N) is 3. The van der Waals surface area contributed by atoms with E-state index >= 15 is 0 Å². The molecule has 1 saturated heterocycles. The van der Waals surface area contributed by atoms with Gasteiger partial charge in [-0.1, -0.05) is 44.2 Å². The Balaban J connectivity index is 1.42. The van der Waals surface area contributed by atoms with Crippen molar-refractivity contribution in [2.45, 2.75) is 77.6 Å². The molecule has 13 nitrogen and oxygen atoms in total. The number of esters is 2. The first-order valence-electron chi connectivity index (χ1n) is 20.1. The van der Waals surface area contributed by atoms with Gasteiger partial charge in [0.1, 0.15) is 17.2 Å². The van der Waals surface area contributed by atoms with Crippen LogP contribution >= 0.6 is 0 Å². The Morgan fingerprint density at radius 2 is 1.86 bits per heavy atom. The summed E-state index contributed by atoms with van der Waals surface area (Å²) >= 11 is 0. The van der Waals surface area contributed by atoms with Gasteiger partial charge in [0.2, 0.25) is 5.91 Å². The minimum Gasteiger partial charge on any atom is -0.462 e. The summed E-state index contributed by atoms with van der Waals surface area (Å²) in [7, 11) is 3.85. The molecule has 0 spiro atoms. The van der Waals surface area contributed by atoms with Gasteiger partial charge in [0.05, 0.1) is 50.2 Å². The number of hydrogen-bond donors (Lipinski definition) is 4. The largest absolute Gasteiger partial charge is 0.462 e. The lowest BCUT2D eigenvalue weighted by Crippen LogP contribution is -2.62. The molecule has 1 aromatic carbocycles. The minimum absolute atomic E-state index is 0.0220. The van der Waals surface area contributed by atoms with E-state index in [-0.39, 0.29) is 48.3 Å². The maximum absolute atomic E-state index is 14.1. The van der Waals surface area contributed by atoms with Crippen LogP contribution in [0, 0.1) is 22.7 Å². The maximum atomic E-state index is 14.1. The minimum atomic E-state index is -0.828. The smallest absolute Gasteiger partial charge is 0.342 e. The molecular formula is C44H59N5O8. The quantitative estimate of drug-likeness (QED) is 0.129. The Hall–Kier alpha value is -4.56. The number of anilines is 2. The van der Waals surface area contributed by atoms with Crippen molar-refractivity contribution in [1.82, 2.24) is 15.2 Å². The molecule has 4 N–H and O–H groups in total. The molecule has 8 atom stereocenters. The van der Waals surface area contributed by atoms with Crippen LogP contribution in [0.5, 0.6) is 0 Å². The Morgan fingerprint density at radius 3 is 2.49 bits per heavy atom. The standard InChI is InChI=1S/C44H59N5O8/c1-8-56-42(54)39(29-12-14-30(15-13-29)48(6)7)35-23-31(41(53)57-35)34(47-38-11-9-10-18-45-38)24-32-27(2)33(46-28(3)40(52)49-19-21-55-22-20-49)25-36-43(32,4)17-16-37(51)44(36,5)26-50/h9-15,18,23,28,32-34,36-37,46,50-51H,2,8,16-17,19-22,24-26H2,1,3-7H3,(H,45,47)/t28?,32?,33?,34?,36?,37-,43-,44+/m1/s1. The van der Waals surface area contributed by atoms with E-state index in [1.807, 2.05) is 68.1 Å². The second kappa shape index (κ2) is 17.5. The fourth-order valence-electron chi connectivity index (χ4n) is 9.56. The molecule has 1 aromatic heterocycles. The third-order valence-corrected chi connectivity index (χ3v) is 12.9. The van der Waals surface area contributed by atoms with Gasteiger partial charge in [-0.2, -0.15) is 0 Å². The fourth-order valence-corrected chi connectivity index (χ4v) is 9.56. The van der Waals surface area contributed by atoms with Gasteiger partial charge < -0.3 is 39.5 Å². The molecule has 5 unspecified atom stereocenters. The molecule has 57 heavy (non-hydrogen) atoms. The normalized spacial score (nSPS) is 29.4. The number of pyridine rings is 1. The Morgan fingerprint density at radius 1 is 1.14 bits per heavy atom. The van der Waals surface area contributed by atoms with E-state index in [0.29, 0.717) is 68.9 Å². The van der Waals surface area contributed by atoms with Crippen LogP contribution in [0.3, 0.4) is 0 Å². The molecular weight excluding hydrogens is 727 g/mol. The Labute approximate surface area is 336 Å². The second-order valence-corrected chi connectivity index (χ2v) is 16.6. The third-order valence-electron chi connectivity index (χ3n) is 12.9. The predicted molar refractivity (Wildman–Crippen MR) is 218 cm³/mol. The number of cyclic esters (lactones) is 1. The monoisotopic (exact) mass is 785 g/mol. The van der Waals surface area contributed by atoms with Crippen molar-refractivity contribution in [3.8, 4) is 0 Å². The summed E-state index contributed by atoms with van der Waals surface area (Å²) in [5.74, 6) is -1.04. The lowest BCUT2D eigenvalue weighted by molar-refractivity contribution is -0.157. The van der Waals surface area contributed by atoms with Gasteiger partial charge in [0, 0.05) is 50.5 Å². The summed E-state index contributed by atoms with van der Waals surface area (Å²) in [4.78, 5) is 49.6. The Kier molecular flexibility index (Phi) is 12.9. The number of rotatable bonds is 13. The number of ether oxygens (including phenoxy) is 3. The molecule has 308 valence electrons. The zero-order valence-corrected chi connectivity index (χ0v) is 34.1. The van der Waals surface area contributed by atoms with Crippen LogP contribution in [0.25, 0.3) is 5.57 Å². The average molecular weight is 786 g/mol. The predicted octanol–water partition coefficient (Wildman–Crippen LogP) is 4.33. The first-order chi connectivity index (χ1) is 27.2. The van der Waals surface area contributed by atoms with E-state index in [2.05, 4.69) is 22.5 Å². The number of amides is 1. The third kappa shape index (κ3) is 8.53. The van der Waals surface area contributed by atoms with Crippen LogP contribution in [0.1, 0.15) is 58.9 Å². The van der Waals surface area contributed by atoms with Crippen molar-refractivity contribution in [2.75, 3.05) is 63.8 Å². The number of hydrogen-bond acceptors (Lipinski definition) is 12. The molecule has 2 saturated carbocycles. The SMILES string of the molecule is C=C1C(NC(C)C(=O)N2CCOCC2)CC2[C@](C)(CC[C@@H](O)[C@@]2(C)CO)C1CC(Nc1ccccn1)C1=CC(=C(C(=O)OCC)c2ccc(N(C)C)cc2)OC1=O. The lowest BCUT2D eigenvalue weighted by Gasteiger charge is -2.62. The number of carbonyl (C=O) groups excluding carboxylic acids is 3. The number of morpholine rings is 1. The van der Waals surface area contributed by atoms with Gasteiger partial charge in [-0.3, -0.25) is 10.1 Å².